The van der Waals surface area contributed by atoms with Crippen LogP contribution >= 0.6 is 15.9 Å². The molecule has 0 spiro atoms. The third kappa shape index (κ3) is 4.86. The average Bonchev–Trinajstić information content (AvgIpc) is 2.26. The van der Waals surface area contributed by atoms with Gasteiger partial charge in [0.25, 0.3) is 0 Å². The van der Waals surface area contributed by atoms with E-state index in [1.54, 1.807) is 0 Å². The summed E-state index contributed by atoms with van der Waals surface area (Å²) in [7, 11) is 2.27. The molecule has 1 nitrogen and oxygen atoms in total. The first-order chi connectivity index (χ1) is 7.05. The fourth-order valence-electron chi connectivity index (χ4n) is 2.03. The first-order valence-electron chi connectivity index (χ1n) is 6.31. The van der Waals surface area contributed by atoms with E-state index in [4.69, 9.17) is 0 Å². The van der Waals surface area contributed by atoms with Crippen molar-refractivity contribution in [3.63, 3.8) is 0 Å². The van der Waals surface area contributed by atoms with Crippen LogP contribution in [0.25, 0.3) is 0 Å². The van der Waals surface area contributed by atoms with Gasteiger partial charge in [0, 0.05) is 17.9 Å². The third-order valence-corrected chi connectivity index (χ3v) is 5.02. The van der Waals surface area contributed by atoms with Gasteiger partial charge in [0.05, 0.1) is 0 Å². The van der Waals surface area contributed by atoms with Crippen molar-refractivity contribution in [2.24, 2.45) is 5.41 Å². The van der Waals surface area contributed by atoms with Crippen molar-refractivity contribution in [1.82, 2.24) is 4.90 Å². The highest BCUT2D eigenvalue weighted by atomic mass is 79.9. The second-order valence-electron chi connectivity index (χ2n) is 4.89. The normalized spacial score (nSPS) is 14.6. The van der Waals surface area contributed by atoms with Crippen LogP contribution in [0.3, 0.4) is 0 Å². The molecule has 0 aromatic rings. The molecular weight excluding hydrogens is 250 g/mol. The highest BCUT2D eigenvalue weighted by Crippen LogP contribution is 2.30. The minimum absolute atomic E-state index is 0.469. The SMILES string of the molecule is CCCC(C)N(C)CC(CC)(CC)CBr. The Morgan fingerprint density at radius 2 is 1.73 bits per heavy atom. The smallest absolute Gasteiger partial charge is 0.01000 e. The van der Waals surface area contributed by atoms with Crippen LogP contribution in [0.15, 0.2) is 0 Å². The first kappa shape index (κ1) is 15.4. The molecule has 92 valence electrons. The van der Waals surface area contributed by atoms with E-state index < -0.39 is 0 Å². The van der Waals surface area contributed by atoms with Crippen LogP contribution < -0.4 is 0 Å². The van der Waals surface area contributed by atoms with Gasteiger partial charge in [-0.15, -0.1) is 0 Å². The lowest BCUT2D eigenvalue weighted by Crippen LogP contribution is -2.40. The van der Waals surface area contributed by atoms with Crippen LogP contribution in [0.2, 0.25) is 0 Å². The summed E-state index contributed by atoms with van der Waals surface area (Å²) in [5.74, 6) is 0. The average molecular weight is 278 g/mol. The van der Waals surface area contributed by atoms with Crippen LogP contribution in [0, 0.1) is 5.41 Å². The molecule has 15 heavy (non-hydrogen) atoms. The quantitative estimate of drug-likeness (QED) is 0.598. The van der Waals surface area contributed by atoms with E-state index in [-0.39, 0.29) is 0 Å². The lowest BCUT2D eigenvalue weighted by molar-refractivity contribution is 0.145. The van der Waals surface area contributed by atoms with Gasteiger partial charge in [-0.1, -0.05) is 43.1 Å². The van der Waals surface area contributed by atoms with Crippen molar-refractivity contribution < 1.29 is 0 Å². The molecule has 0 heterocycles. The van der Waals surface area contributed by atoms with Gasteiger partial charge in [-0.2, -0.15) is 0 Å². The third-order valence-electron chi connectivity index (χ3n) is 3.83. The van der Waals surface area contributed by atoms with E-state index in [9.17, 15) is 0 Å². The molecule has 0 aliphatic rings. The van der Waals surface area contributed by atoms with Gasteiger partial charge in [-0.25, -0.2) is 0 Å². The number of hydrogen-bond acceptors (Lipinski definition) is 1. The zero-order chi connectivity index (χ0) is 11.9. The molecule has 1 atom stereocenters. The summed E-state index contributed by atoms with van der Waals surface area (Å²) < 4.78 is 0. The van der Waals surface area contributed by atoms with Crippen molar-refractivity contribution in [2.75, 3.05) is 18.9 Å². The summed E-state index contributed by atoms with van der Waals surface area (Å²) in [5, 5.41) is 1.12. The second-order valence-corrected chi connectivity index (χ2v) is 5.45. The molecule has 0 N–H and O–H groups in total. The fourth-order valence-corrected chi connectivity index (χ4v) is 3.00. The number of nitrogens with zero attached hydrogens (tertiary/aromatic N) is 1. The number of hydrogen-bond donors (Lipinski definition) is 0. The van der Waals surface area contributed by atoms with E-state index in [0.717, 1.165) is 5.33 Å². The van der Waals surface area contributed by atoms with Crippen molar-refractivity contribution in [2.45, 2.75) is 59.4 Å². The molecule has 0 aromatic heterocycles. The van der Waals surface area contributed by atoms with Gasteiger partial charge in [0.15, 0.2) is 0 Å². The van der Waals surface area contributed by atoms with Gasteiger partial charge in [0.1, 0.15) is 0 Å². The summed E-state index contributed by atoms with van der Waals surface area (Å²) in [6.45, 7) is 10.4. The Kier molecular flexibility index (Phi) is 7.90. The van der Waals surface area contributed by atoms with Crippen LogP contribution in [-0.2, 0) is 0 Å². The van der Waals surface area contributed by atoms with Crippen LogP contribution in [-0.4, -0.2) is 29.9 Å². The largest absolute Gasteiger partial charge is 0.303 e. The second kappa shape index (κ2) is 7.67. The summed E-state index contributed by atoms with van der Waals surface area (Å²) in [4.78, 5) is 2.53. The van der Waals surface area contributed by atoms with Gasteiger partial charge in [-0.3, -0.25) is 0 Å². The summed E-state index contributed by atoms with van der Waals surface area (Å²) in [6.07, 6.45) is 5.11. The summed E-state index contributed by atoms with van der Waals surface area (Å²) >= 11 is 3.68. The monoisotopic (exact) mass is 277 g/mol. The maximum Gasteiger partial charge on any atom is 0.01000 e. The Morgan fingerprint density at radius 1 is 1.20 bits per heavy atom. The van der Waals surface area contributed by atoms with Crippen molar-refractivity contribution >= 4 is 15.9 Å². The van der Waals surface area contributed by atoms with Gasteiger partial charge >= 0.3 is 0 Å². The van der Waals surface area contributed by atoms with Crippen LogP contribution in [0.1, 0.15) is 53.4 Å². The molecule has 0 saturated heterocycles. The Balaban J connectivity index is 4.27. The van der Waals surface area contributed by atoms with Crippen molar-refractivity contribution in [3.8, 4) is 0 Å². The minimum Gasteiger partial charge on any atom is -0.303 e. The molecule has 0 fully saturated rings. The van der Waals surface area contributed by atoms with E-state index in [1.165, 1.54) is 32.2 Å². The van der Waals surface area contributed by atoms with E-state index >= 15 is 0 Å². The topological polar surface area (TPSA) is 3.24 Å². The lowest BCUT2D eigenvalue weighted by Gasteiger charge is -2.37. The molecule has 0 aliphatic heterocycles. The maximum atomic E-state index is 3.68. The first-order valence-corrected chi connectivity index (χ1v) is 7.43. The Morgan fingerprint density at radius 3 is 2.07 bits per heavy atom. The van der Waals surface area contributed by atoms with Gasteiger partial charge in [-0.05, 0) is 38.6 Å². The highest BCUT2D eigenvalue weighted by Gasteiger charge is 2.27. The standard InChI is InChI=1S/C13H28BrN/c1-6-9-12(4)15(5)11-13(7-2,8-3)10-14/h12H,6-11H2,1-5H3. The zero-order valence-electron chi connectivity index (χ0n) is 11.1. The lowest BCUT2D eigenvalue weighted by atomic mass is 9.84. The number of halogens is 1. The predicted molar refractivity (Wildman–Crippen MR) is 73.8 cm³/mol. The molecule has 0 radical (unpaired) electrons. The zero-order valence-corrected chi connectivity index (χ0v) is 12.7. The molecule has 0 bridgehead atoms. The summed E-state index contributed by atoms with van der Waals surface area (Å²) in [5.41, 5.74) is 0.469. The Hall–Kier alpha value is 0.440. The molecule has 0 amide bonds. The number of alkyl halides is 1. The highest BCUT2D eigenvalue weighted by molar-refractivity contribution is 9.09. The molecular formula is C13H28BrN. The summed E-state index contributed by atoms with van der Waals surface area (Å²) in [6, 6.07) is 0.714. The van der Waals surface area contributed by atoms with Crippen LogP contribution in [0.5, 0.6) is 0 Å². The van der Waals surface area contributed by atoms with Crippen LogP contribution in [0.4, 0.5) is 0 Å². The number of rotatable bonds is 8. The van der Waals surface area contributed by atoms with Crippen molar-refractivity contribution in [3.05, 3.63) is 0 Å². The van der Waals surface area contributed by atoms with E-state index in [0.29, 0.717) is 11.5 Å². The molecule has 0 aromatic carbocycles. The fraction of sp³-hybridized carbons (Fsp3) is 1.00. The Bertz CT molecular complexity index is 146. The minimum atomic E-state index is 0.469. The van der Waals surface area contributed by atoms with Crippen molar-refractivity contribution in [1.29, 1.82) is 0 Å². The molecule has 2 heteroatoms. The molecule has 0 saturated carbocycles. The predicted octanol–water partition coefficient (Wildman–Crippen LogP) is 4.31. The van der Waals surface area contributed by atoms with E-state index in [1.807, 2.05) is 0 Å². The molecule has 1 unspecified atom stereocenters. The van der Waals surface area contributed by atoms with Gasteiger partial charge in [0.2, 0.25) is 0 Å². The molecule has 0 rings (SSSR count). The molecule has 0 aliphatic carbocycles. The van der Waals surface area contributed by atoms with Gasteiger partial charge < -0.3 is 4.90 Å². The maximum absolute atomic E-state index is 3.68. The van der Waals surface area contributed by atoms with E-state index in [2.05, 4.69) is 55.6 Å². The Labute approximate surface area is 105 Å².